The van der Waals surface area contributed by atoms with Crippen molar-refractivity contribution >= 4 is 5.91 Å². The lowest BCUT2D eigenvalue weighted by atomic mass is 9.71. The Labute approximate surface area is 150 Å². The van der Waals surface area contributed by atoms with Crippen molar-refractivity contribution in [2.45, 2.75) is 38.0 Å². The summed E-state index contributed by atoms with van der Waals surface area (Å²) in [6.07, 6.45) is 3.90. The fourth-order valence-electron chi connectivity index (χ4n) is 5.15. The van der Waals surface area contributed by atoms with Crippen molar-refractivity contribution in [2.75, 3.05) is 39.4 Å². The van der Waals surface area contributed by atoms with E-state index in [0.717, 1.165) is 63.7 Å². The standard InChI is InChI=1S/C21H30N2O2/c1-16-4-2-3-5-19(16)21(8-12-25-13-9-21)20(24)23-10-6-17-14-22-15-18(17)7-11-23/h2-5,17-18,22H,6-15H2,1H3/t17-,18+. The highest BCUT2D eigenvalue weighted by molar-refractivity contribution is 5.89. The van der Waals surface area contributed by atoms with Gasteiger partial charge in [-0.15, -0.1) is 0 Å². The fraction of sp³-hybridized carbons (Fsp3) is 0.667. The number of ether oxygens (including phenoxy) is 1. The van der Waals surface area contributed by atoms with Gasteiger partial charge in [0.05, 0.1) is 5.41 Å². The Hall–Kier alpha value is -1.39. The van der Waals surface area contributed by atoms with Crippen LogP contribution in [0.2, 0.25) is 0 Å². The predicted octanol–water partition coefficient (Wildman–Crippen LogP) is 2.50. The predicted molar refractivity (Wildman–Crippen MR) is 98.6 cm³/mol. The van der Waals surface area contributed by atoms with Gasteiger partial charge in [-0.3, -0.25) is 4.79 Å². The molecule has 136 valence electrons. The van der Waals surface area contributed by atoms with Crippen LogP contribution in [0.3, 0.4) is 0 Å². The fourth-order valence-corrected chi connectivity index (χ4v) is 5.15. The number of benzene rings is 1. The van der Waals surface area contributed by atoms with Gasteiger partial charge in [0.1, 0.15) is 0 Å². The minimum absolute atomic E-state index is 0.345. The number of rotatable bonds is 2. The molecule has 3 saturated heterocycles. The molecule has 3 aliphatic rings. The Balaban J connectivity index is 1.61. The third-order valence-electron chi connectivity index (χ3n) is 6.72. The first-order chi connectivity index (χ1) is 12.2. The summed E-state index contributed by atoms with van der Waals surface area (Å²) in [5.74, 6) is 1.85. The van der Waals surface area contributed by atoms with E-state index in [1.807, 2.05) is 0 Å². The lowest BCUT2D eigenvalue weighted by Gasteiger charge is -2.41. The van der Waals surface area contributed by atoms with Gasteiger partial charge in [-0.2, -0.15) is 0 Å². The summed E-state index contributed by atoms with van der Waals surface area (Å²) < 4.78 is 5.63. The number of amides is 1. The third-order valence-corrected chi connectivity index (χ3v) is 6.72. The van der Waals surface area contributed by atoms with Crippen molar-refractivity contribution < 1.29 is 9.53 Å². The first-order valence-electron chi connectivity index (χ1n) is 9.85. The molecule has 3 heterocycles. The molecule has 2 atom stereocenters. The summed E-state index contributed by atoms with van der Waals surface area (Å²) >= 11 is 0. The quantitative estimate of drug-likeness (QED) is 0.898. The molecule has 0 aliphatic carbocycles. The molecule has 0 saturated carbocycles. The van der Waals surface area contributed by atoms with Crippen molar-refractivity contribution in [1.29, 1.82) is 0 Å². The molecule has 0 spiro atoms. The smallest absolute Gasteiger partial charge is 0.233 e. The lowest BCUT2D eigenvalue weighted by molar-refractivity contribution is -0.141. The largest absolute Gasteiger partial charge is 0.381 e. The number of nitrogens with one attached hydrogen (secondary N) is 1. The number of hydrogen-bond donors (Lipinski definition) is 1. The maximum absolute atomic E-state index is 13.8. The van der Waals surface area contributed by atoms with Crippen LogP contribution >= 0.6 is 0 Å². The summed E-state index contributed by atoms with van der Waals surface area (Å²) in [4.78, 5) is 15.9. The molecular weight excluding hydrogens is 312 g/mol. The van der Waals surface area contributed by atoms with E-state index >= 15 is 0 Å². The monoisotopic (exact) mass is 342 g/mol. The summed E-state index contributed by atoms with van der Waals surface area (Å²) in [6.45, 7) is 7.59. The minimum atomic E-state index is -0.388. The number of fused-ring (bicyclic) bond motifs is 1. The summed E-state index contributed by atoms with van der Waals surface area (Å²) in [5.41, 5.74) is 2.06. The Morgan fingerprint density at radius 2 is 1.76 bits per heavy atom. The van der Waals surface area contributed by atoms with Crippen LogP contribution < -0.4 is 5.32 Å². The van der Waals surface area contributed by atoms with Gasteiger partial charge in [0.25, 0.3) is 0 Å². The molecule has 4 rings (SSSR count). The van der Waals surface area contributed by atoms with Crippen LogP contribution in [0.25, 0.3) is 0 Å². The molecule has 4 nitrogen and oxygen atoms in total. The van der Waals surface area contributed by atoms with Gasteiger partial charge in [0.2, 0.25) is 5.91 Å². The van der Waals surface area contributed by atoms with Crippen molar-refractivity contribution in [3.63, 3.8) is 0 Å². The average Bonchev–Trinajstić information content (AvgIpc) is 3.00. The van der Waals surface area contributed by atoms with Gasteiger partial charge in [0, 0.05) is 26.3 Å². The summed E-state index contributed by atoms with van der Waals surface area (Å²) in [7, 11) is 0. The van der Waals surface area contributed by atoms with E-state index in [4.69, 9.17) is 4.74 Å². The Kier molecular flexibility index (Phi) is 4.83. The van der Waals surface area contributed by atoms with Gasteiger partial charge in [-0.05, 0) is 68.7 Å². The van der Waals surface area contributed by atoms with E-state index in [9.17, 15) is 4.79 Å². The maximum atomic E-state index is 13.8. The SMILES string of the molecule is Cc1ccccc1C1(C(=O)N2CC[C@@H]3CNC[C@@H]3CC2)CCOCC1. The summed E-state index contributed by atoms with van der Waals surface area (Å²) in [5, 5.41) is 3.52. The molecular formula is C21H30N2O2. The third kappa shape index (κ3) is 3.11. The maximum Gasteiger partial charge on any atom is 0.233 e. The average molecular weight is 342 g/mol. The minimum Gasteiger partial charge on any atom is -0.381 e. The lowest BCUT2D eigenvalue weighted by Crippen LogP contribution is -2.50. The first kappa shape index (κ1) is 17.0. The van der Waals surface area contributed by atoms with Crippen molar-refractivity contribution in [3.05, 3.63) is 35.4 Å². The zero-order valence-electron chi connectivity index (χ0n) is 15.3. The van der Waals surface area contributed by atoms with E-state index in [2.05, 4.69) is 41.4 Å². The first-order valence-corrected chi connectivity index (χ1v) is 9.85. The molecule has 0 aromatic heterocycles. The highest BCUT2D eigenvalue weighted by Crippen LogP contribution is 2.39. The van der Waals surface area contributed by atoms with Crippen LogP contribution in [-0.2, 0) is 14.9 Å². The van der Waals surface area contributed by atoms with Crippen LogP contribution in [0.15, 0.2) is 24.3 Å². The number of carbonyl (C=O) groups is 1. The van der Waals surface area contributed by atoms with Crippen LogP contribution in [-0.4, -0.2) is 50.2 Å². The number of carbonyl (C=O) groups excluding carboxylic acids is 1. The zero-order valence-corrected chi connectivity index (χ0v) is 15.3. The van der Waals surface area contributed by atoms with Gasteiger partial charge in [-0.25, -0.2) is 0 Å². The highest BCUT2D eigenvalue weighted by atomic mass is 16.5. The van der Waals surface area contributed by atoms with Gasteiger partial charge in [-0.1, -0.05) is 24.3 Å². The molecule has 4 heteroatoms. The van der Waals surface area contributed by atoms with Gasteiger partial charge >= 0.3 is 0 Å². The van der Waals surface area contributed by atoms with E-state index in [1.165, 1.54) is 11.1 Å². The number of hydrogen-bond acceptors (Lipinski definition) is 3. The molecule has 1 aromatic rings. The van der Waals surface area contributed by atoms with Crippen molar-refractivity contribution in [2.24, 2.45) is 11.8 Å². The van der Waals surface area contributed by atoms with Gasteiger partial charge < -0.3 is 15.0 Å². The normalized spacial score (nSPS) is 29.1. The highest BCUT2D eigenvalue weighted by Gasteiger charge is 2.45. The molecule has 0 bridgehead atoms. The van der Waals surface area contributed by atoms with E-state index in [1.54, 1.807) is 0 Å². The molecule has 1 N–H and O–H groups in total. The van der Waals surface area contributed by atoms with Crippen LogP contribution in [0, 0.1) is 18.8 Å². The molecule has 3 fully saturated rings. The Bertz CT molecular complexity index is 610. The van der Waals surface area contributed by atoms with Crippen LogP contribution in [0.1, 0.15) is 36.8 Å². The van der Waals surface area contributed by atoms with Gasteiger partial charge in [0.15, 0.2) is 0 Å². The molecule has 25 heavy (non-hydrogen) atoms. The van der Waals surface area contributed by atoms with Crippen molar-refractivity contribution in [3.8, 4) is 0 Å². The second kappa shape index (κ2) is 7.08. The molecule has 1 amide bonds. The summed E-state index contributed by atoms with van der Waals surface area (Å²) in [6, 6.07) is 8.44. The van der Waals surface area contributed by atoms with E-state index in [-0.39, 0.29) is 5.41 Å². The van der Waals surface area contributed by atoms with Crippen LogP contribution in [0.5, 0.6) is 0 Å². The topological polar surface area (TPSA) is 41.6 Å². The van der Waals surface area contributed by atoms with E-state index in [0.29, 0.717) is 19.1 Å². The number of likely N-dealkylation sites (tertiary alicyclic amines) is 1. The Morgan fingerprint density at radius 1 is 1.12 bits per heavy atom. The molecule has 0 unspecified atom stereocenters. The number of nitrogens with zero attached hydrogens (tertiary/aromatic N) is 1. The molecule has 0 radical (unpaired) electrons. The Morgan fingerprint density at radius 3 is 2.40 bits per heavy atom. The zero-order chi connectivity index (χ0) is 17.3. The molecule has 1 aromatic carbocycles. The van der Waals surface area contributed by atoms with E-state index < -0.39 is 0 Å². The van der Waals surface area contributed by atoms with Crippen LogP contribution in [0.4, 0.5) is 0 Å². The second-order valence-electron chi connectivity index (χ2n) is 8.06. The second-order valence-corrected chi connectivity index (χ2v) is 8.06. The molecule has 3 aliphatic heterocycles. The van der Waals surface area contributed by atoms with Crippen molar-refractivity contribution in [1.82, 2.24) is 10.2 Å². The number of aryl methyl sites for hydroxylation is 1.